The second-order valence-corrected chi connectivity index (χ2v) is 5.13. The number of hydrogen-bond donors (Lipinski definition) is 1. The number of morpholine rings is 1. The largest absolute Gasteiger partial charge is 0.495 e. The number of methoxy groups -OCH3 is 1. The van der Waals surface area contributed by atoms with Crippen LogP contribution in [0.3, 0.4) is 0 Å². The van der Waals surface area contributed by atoms with Gasteiger partial charge in [0, 0.05) is 19.3 Å². The van der Waals surface area contributed by atoms with E-state index in [1.807, 2.05) is 24.3 Å². The number of carbonyl (C=O) groups is 1. The molecule has 0 atom stereocenters. The average Bonchev–Trinajstić information content (AvgIpc) is 2.63. The first-order chi connectivity index (χ1) is 11.3. The van der Waals surface area contributed by atoms with E-state index in [0.29, 0.717) is 43.4 Å². The van der Waals surface area contributed by atoms with Crippen molar-refractivity contribution in [2.45, 2.75) is 0 Å². The van der Waals surface area contributed by atoms with E-state index in [-0.39, 0.29) is 5.91 Å². The Hall–Kier alpha value is -2.60. The summed E-state index contributed by atoms with van der Waals surface area (Å²) in [7, 11) is 1.61. The fraction of sp³-hybridized carbons (Fsp3) is 0.294. The van der Waals surface area contributed by atoms with E-state index < -0.39 is 0 Å². The normalized spacial score (nSPS) is 14.4. The highest BCUT2D eigenvalue weighted by atomic mass is 16.5. The van der Waals surface area contributed by atoms with Crippen LogP contribution in [0.25, 0.3) is 0 Å². The van der Waals surface area contributed by atoms with Gasteiger partial charge in [-0.2, -0.15) is 0 Å². The highest BCUT2D eigenvalue weighted by molar-refractivity contribution is 5.99. The Morgan fingerprint density at radius 1 is 1.22 bits per heavy atom. The Bertz CT molecular complexity index is 684. The molecule has 1 aromatic carbocycles. The number of ether oxygens (including phenoxy) is 2. The van der Waals surface area contributed by atoms with Gasteiger partial charge in [-0.3, -0.25) is 4.79 Å². The molecule has 3 rings (SSSR count). The molecule has 1 fully saturated rings. The number of aromatic nitrogens is 1. The van der Waals surface area contributed by atoms with Crippen LogP contribution in [-0.4, -0.2) is 49.2 Å². The monoisotopic (exact) mass is 313 g/mol. The van der Waals surface area contributed by atoms with E-state index >= 15 is 0 Å². The van der Waals surface area contributed by atoms with Gasteiger partial charge >= 0.3 is 0 Å². The number of para-hydroxylation sites is 2. The van der Waals surface area contributed by atoms with Crippen LogP contribution in [0.5, 0.6) is 5.75 Å². The second kappa shape index (κ2) is 7.11. The van der Waals surface area contributed by atoms with E-state index in [2.05, 4.69) is 10.3 Å². The van der Waals surface area contributed by atoms with E-state index in [4.69, 9.17) is 9.47 Å². The number of rotatable bonds is 4. The van der Waals surface area contributed by atoms with Crippen molar-refractivity contribution in [2.24, 2.45) is 0 Å². The molecule has 1 aliphatic rings. The number of nitrogens with one attached hydrogen (secondary N) is 1. The maximum Gasteiger partial charge on any atom is 0.257 e. The minimum Gasteiger partial charge on any atom is -0.495 e. The minimum absolute atomic E-state index is 0.0428. The molecule has 6 heteroatoms. The van der Waals surface area contributed by atoms with Crippen LogP contribution < -0.4 is 10.1 Å². The molecule has 2 aromatic rings. The predicted molar refractivity (Wildman–Crippen MR) is 87.2 cm³/mol. The molecule has 0 saturated carbocycles. The number of nitrogens with zero attached hydrogens (tertiary/aromatic N) is 2. The smallest absolute Gasteiger partial charge is 0.257 e. The topological polar surface area (TPSA) is 63.7 Å². The van der Waals surface area contributed by atoms with E-state index in [1.54, 1.807) is 30.3 Å². The van der Waals surface area contributed by atoms with Crippen molar-refractivity contribution >= 4 is 17.4 Å². The lowest BCUT2D eigenvalue weighted by atomic mass is 10.2. The van der Waals surface area contributed by atoms with Gasteiger partial charge in [-0.05, 0) is 24.3 Å². The van der Waals surface area contributed by atoms with Crippen molar-refractivity contribution in [1.29, 1.82) is 0 Å². The van der Waals surface area contributed by atoms with Crippen LogP contribution in [0.1, 0.15) is 10.4 Å². The first kappa shape index (κ1) is 15.3. The lowest BCUT2D eigenvalue weighted by Crippen LogP contribution is -2.40. The molecule has 0 spiro atoms. The molecule has 1 aliphatic heterocycles. The number of pyridine rings is 1. The summed E-state index contributed by atoms with van der Waals surface area (Å²) in [6.45, 7) is 2.34. The van der Waals surface area contributed by atoms with Crippen LogP contribution >= 0.6 is 0 Å². The predicted octanol–water partition coefficient (Wildman–Crippen LogP) is 2.31. The van der Waals surface area contributed by atoms with Gasteiger partial charge in [0.05, 0.1) is 31.6 Å². The van der Waals surface area contributed by atoms with Gasteiger partial charge in [0.2, 0.25) is 0 Å². The molecule has 0 bridgehead atoms. The van der Waals surface area contributed by atoms with E-state index in [0.717, 1.165) is 5.69 Å². The molecule has 0 unspecified atom stereocenters. The number of benzene rings is 1. The third-order valence-electron chi connectivity index (χ3n) is 3.70. The van der Waals surface area contributed by atoms with Crippen molar-refractivity contribution in [3.05, 3.63) is 48.2 Å². The number of amides is 1. The van der Waals surface area contributed by atoms with Gasteiger partial charge in [-0.15, -0.1) is 0 Å². The second-order valence-electron chi connectivity index (χ2n) is 5.13. The zero-order valence-corrected chi connectivity index (χ0v) is 13.0. The maximum absolute atomic E-state index is 12.7. The molecule has 1 N–H and O–H groups in total. The zero-order valence-electron chi connectivity index (χ0n) is 13.0. The van der Waals surface area contributed by atoms with Gasteiger partial charge in [-0.1, -0.05) is 12.1 Å². The van der Waals surface area contributed by atoms with E-state index in [9.17, 15) is 4.79 Å². The van der Waals surface area contributed by atoms with Crippen molar-refractivity contribution in [3.8, 4) is 5.75 Å². The quantitative estimate of drug-likeness (QED) is 0.938. The lowest BCUT2D eigenvalue weighted by molar-refractivity contribution is 0.0303. The Kier molecular flexibility index (Phi) is 4.73. The molecule has 1 saturated heterocycles. The Morgan fingerprint density at radius 3 is 2.78 bits per heavy atom. The Balaban J connectivity index is 1.87. The molecular weight excluding hydrogens is 294 g/mol. The van der Waals surface area contributed by atoms with Crippen LogP contribution in [0, 0.1) is 0 Å². The fourth-order valence-electron chi connectivity index (χ4n) is 2.49. The average molecular weight is 313 g/mol. The maximum atomic E-state index is 12.7. The van der Waals surface area contributed by atoms with Gasteiger partial charge in [0.1, 0.15) is 11.6 Å². The van der Waals surface area contributed by atoms with Crippen molar-refractivity contribution < 1.29 is 14.3 Å². The molecule has 1 aromatic heterocycles. The summed E-state index contributed by atoms with van der Waals surface area (Å²) in [4.78, 5) is 18.8. The standard InChI is InChI=1S/C17H19N3O3/c1-22-15-7-3-2-6-14(15)19-16-13(5-4-8-18-16)17(21)20-9-11-23-12-10-20/h2-8H,9-12H2,1H3,(H,18,19). The fourth-order valence-corrected chi connectivity index (χ4v) is 2.49. The highest BCUT2D eigenvalue weighted by Gasteiger charge is 2.21. The van der Waals surface area contributed by atoms with Crippen molar-refractivity contribution in [1.82, 2.24) is 9.88 Å². The van der Waals surface area contributed by atoms with Gasteiger partial charge < -0.3 is 19.7 Å². The molecule has 6 nitrogen and oxygen atoms in total. The molecule has 0 radical (unpaired) electrons. The summed E-state index contributed by atoms with van der Waals surface area (Å²) in [6.07, 6.45) is 1.66. The van der Waals surface area contributed by atoms with Gasteiger partial charge in [-0.25, -0.2) is 4.98 Å². The highest BCUT2D eigenvalue weighted by Crippen LogP contribution is 2.28. The number of carbonyl (C=O) groups excluding carboxylic acids is 1. The van der Waals surface area contributed by atoms with E-state index in [1.165, 1.54) is 0 Å². The number of hydrogen-bond acceptors (Lipinski definition) is 5. The summed E-state index contributed by atoms with van der Waals surface area (Å²) in [5.41, 5.74) is 1.31. The third-order valence-corrected chi connectivity index (χ3v) is 3.70. The first-order valence-electron chi connectivity index (χ1n) is 7.51. The molecule has 23 heavy (non-hydrogen) atoms. The molecule has 120 valence electrons. The van der Waals surface area contributed by atoms with Crippen molar-refractivity contribution in [3.63, 3.8) is 0 Å². The van der Waals surface area contributed by atoms with Crippen molar-refractivity contribution in [2.75, 3.05) is 38.7 Å². The lowest BCUT2D eigenvalue weighted by Gasteiger charge is -2.27. The van der Waals surface area contributed by atoms with Crippen LogP contribution in [0.4, 0.5) is 11.5 Å². The number of anilines is 2. The molecule has 2 heterocycles. The molecule has 0 aliphatic carbocycles. The summed E-state index contributed by atoms with van der Waals surface area (Å²) >= 11 is 0. The van der Waals surface area contributed by atoms with Crippen LogP contribution in [0.15, 0.2) is 42.6 Å². The minimum atomic E-state index is -0.0428. The third kappa shape index (κ3) is 3.43. The summed E-state index contributed by atoms with van der Waals surface area (Å²) < 4.78 is 10.6. The SMILES string of the molecule is COc1ccccc1Nc1ncccc1C(=O)N1CCOCC1. The Labute approximate surface area is 135 Å². The summed E-state index contributed by atoms with van der Waals surface area (Å²) in [5.74, 6) is 1.18. The molecular formula is C17H19N3O3. The first-order valence-corrected chi connectivity index (χ1v) is 7.51. The Morgan fingerprint density at radius 2 is 2.00 bits per heavy atom. The van der Waals surface area contributed by atoms with Gasteiger partial charge in [0.25, 0.3) is 5.91 Å². The van der Waals surface area contributed by atoms with Crippen LogP contribution in [-0.2, 0) is 4.74 Å². The summed E-state index contributed by atoms with van der Waals surface area (Å²) in [5, 5.41) is 3.20. The zero-order chi connectivity index (χ0) is 16.1. The summed E-state index contributed by atoms with van der Waals surface area (Å²) in [6, 6.07) is 11.1. The van der Waals surface area contributed by atoms with Gasteiger partial charge in [0.15, 0.2) is 0 Å². The van der Waals surface area contributed by atoms with Crippen LogP contribution in [0.2, 0.25) is 0 Å². The molecule has 1 amide bonds.